The predicted octanol–water partition coefficient (Wildman–Crippen LogP) is 2.48. The van der Waals surface area contributed by atoms with Gasteiger partial charge in [0.1, 0.15) is 24.2 Å². The summed E-state index contributed by atoms with van der Waals surface area (Å²) in [4.78, 5) is 120. The summed E-state index contributed by atoms with van der Waals surface area (Å²) in [7, 11) is 6.63. The molecule has 18 heteroatoms. The number of hydrogen-bond acceptors (Lipinski definition) is 10. The van der Waals surface area contributed by atoms with Gasteiger partial charge in [0.05, 0.1) is 13.2 Å². The van der Waals surface area contributed by atoms with Crippen molar-refractivity contribution in [3.8, 4) is 0 Å². The number of carbonyl (C=O) groups is 8. The highest BCUT2D eigenvalue weighted by Crippen LogP contribution is 2.33. The van der Waals surface area contributed by atoms with Gasteiger partial charge < -0.3 is 51.1 Å². The average Bonchev–Trinajstić information content (AvgIpc) is 3.44. The van der Waals surface area contributed by atoms with E-state index in [1.807, 2.05) is 60.7 Å². The highest BCUT2D eigenvalue weighted by atomic mass is 16.3. The number of hydrogen-bond donors (Lipinski definition) is 6. The summed E-state index contributed by atoms with van der Waals surface area (Å²) >= 11 is 0. The third-order valence-electron chi connectivity index (χ3n) is 17.0. The van der Waals surface area contributed by atoms with Crippen LogP contribution in [0, 0.1) is 23.7 Å². The van der Waals surface area contributed by atoms with Crippen LogP contribution in [-0.2, 0) is 51.2 Å². The fraction of sp³-hybridized carbons (Fsp3) is 0.643. The predicted molar refractivity (Wildman–Crippen MR) is 276 cm³/mol. The van der Waals surface area contributed by atoms with E-state index in [-0.39, 0.29) is 60.6 Å². The van der Waals surface area contributed by atoms with Gasteiger partial charge in [-0.3, -0.25) is 38.4 Å². The smallest absolute Gasteiger partial charge is 0.247 e. The van der Waals surface area contributed by atoms with E-state index in [0.29, 0.717) is 103 Å². The molecular weight excluding hydrogens is 945 g/mol. The topological polar surface area (TPSA) is 238 Å². The highest BCUT2D eigenvalue weighted by Gasteiger charge is 2.41. The minimum Gasteiger partial charge on any atom is -0.394 e. The molecule has 404 valence electrons. The van der Waals surface area contributed by atoms with E-state index in [9.17, 15) is 48.6 Å². The van der Waals surface area contributed by atoms with Crippen LogP contribution in [0.15, 0.2) is 60.7 Å². The largest absolute Gasteiger partial charge is 0.394 e. The zero-order valence-corrected chi connectivity index (χ0v) is 43.8. The van der Waals surface area contributed by atoms with Crippen molar-refractivity contribution in [3.05, 3.63) is 71.8 Å². The van der Waals surface area contributed by atoms with Crippen molar-refractivity contribution in [2.24, 2.45) is 23.7 Å². The minimum atomic E-state index is -1.23. The molecule has 0 spiro atoms. The molecule has 2 aromatic carbocycles. The van der Waals surface area contributed by atoms with Crippen molar-refractivity contribution in [1.82, 2.24) is 40.9 Å². The number of aliphatic hydroxyl groups excluding tert-OH is 2. The molecule has 5 aliphatic rings. The van der Waals surface area contributed by atoms with E-state index in [2.05, 4.69) is 21.3 Å². The monoisotopic (exact) mass is 1020 g/mol. The van der Waals surface area contributed by atoms with Crippen molar-refractivity contribution in [2.45, 2.75) is 164 Å². The maximum Gasteiger partial charge on any atom is 0.247 e. The van der Waals surface area contributed by atoms with Gasteiger partial charge in [-0.1, -0.05) is 86.3 Å². The lowest BCUT2D eigenvalue weighted by atomic mass is 9.83. The number of benzene rings is 2. The maximum absolute atomic E-state index is 14.6. The molecule has 18 nitrogen and oxygen atoms in total. The van der Waals surface area contributed by atoms with E-state index in [1.165, 1.54) is 9.80 Å². The number of nitrogens with one attached hydrogen (secondary N) is 4. The number of rotatable bonds is 6. The second kappa shape index (κ2) is 26.1. The molecule has 4 saturated carbocycles. The summed E-state index contributed by atoms with van der Waals surface area (Å²) in [6.45, 7) is -1.27. The Bertz CT molecular complexity index is 2130. The van der Waals surface area contributed by atoms with Crippen LogP contribution in [0.3, 0.4) is 0 Å². The molecule has 0 unspecified atom stereocenters. The Kier molecular flexibility index (Phi) is 19.7. The molecule has 2 aromatic rings. The van der Waals surface area contributed by atoms with Crippen LogP contribution in [0.5, 0.6) is 0 Å². The summed E-state index contributed by atoms with van der Waals surface area (Å²) in [6.07, 6.45) is 8.79. The molecule has 0 aromatic heterocycles. The summed E-state index contributed by atoms with van der Waals surface area (Å²) in [6, 6.07) is 13.0. The molecule has 6 N–H and O–H groups in total. The molecule has 1 aliphatic heterocycles. The Morgan fingerprint density at radius 2 is 0.622 bits per heavy atom. The SMILES string of the molecule is CN1C(=O)[C@@H](CO)NC(=O)[C@@H]2CCC[C@@H](C2)N(C)C(=O)[C@@H](Cc2ccccc2)NC(=O)[C@@H]2CCC[C@@H](C2)N(C)C(=O)[C@@H](CO)NC(=O)[C@@H]2CCC[C@@H](C2)N(C)C(=O)[C@@H](Cc2ccccc2)NC(=O)[C@@H]2CCC[C@H]1C2. The Hall–Kier alpha value is -5.88. The molecule has 0 radical (unpaired) electrons. The third kappa shape index (κ3) is 13.9. The first-order valence-electron chi connectivity index (χ1n) is 27.1. The summed E-state index contributed by atoms with van der Waals surface area (Å²) < 4.78 is 0. The first-order chi connectivity index (χ1) is 35.6. The van der Waals surface area contributed by atoms with Gasteiger partial charge in [-0.05, 0) is 88.2 Å². The van der Waals surface area contributed by atoms with Gasteiger partial charge in [0.15, 0.2) is 0 Å². The standard InChI is InChI=1S/C56H80N8O10/c1-61-41-23-13-21-39(31-41)51(69)59-47(33-65)55(73)64(4)44-26-12-20-38(30-44)50(68)58-46(28-36-17-9-6-10-18-36)54(72)62(2)42-24-14-22-40(32-42)52(70)60-48(34-66)56(74)63(3)43-25-11-19-37(29-43)49(67)57-45(53(61)71)27-35-15-7-5-8-16-35/h5-10,15-18,37-48,65-66H,11-14,19-34H2,1-4H3,(H,57,67)(H,58,68)(H,59,69)(H,60,70)/t37-,38-,39-,40-,41+,42+,43+,44+,45-,46-,47-,48-/m1/s1. The summed E-state index contributed by atoms with van der Waals surface area (Å²) in [5.74, 6) is -5.17. The van der Waals surface area contributed by atoms with Crippen LogP contribution in [0.2, 0.25) is 0 Å². The van der Waals surface area contributed by atoms with E-state index >= 15 is 0 Å². The van der Waals surface area contributed by atoms with Crippen LogP contribution in [0.4, 0.5) is 0 Å². The molecule has 12 atom stereocenters. The van der Waals surface area contributed by atoms with Gasteiger partial charge in [0.2, 0.25) is 47.3 Å². The van der Waals surface area contributed by atoms with Gasteiger partial charge >= 0.3 is 0 Å². The number of aliphatic hydroxyl groups is 2. The lowest BCUT2D eigenvalue weighted by Gasteiger charge is -2.39. The second-order valence-electron chi connectivity index (χ2n) is 21.9. The molecule has 8 amide bonds. The van der Waals surface area contributed by atoms with Crippen LogP contribution in [-0.4, -0.2) is 167 Å². The minimum absolute atomic E-state index is 0.224. The number of nitrogens with zero attached hydrogens (tertiary/aromatic N) is 4. The summed E-state index contributed by atoms with van der Waals surface area (Å²) in [5, 5.41) is 32.9. The normalized spacial score (nSPS) is 32.1. The Morgan fingerprint density at radius 1 is 0.378 bits per heavy atom. The van der Waals surface area contributed by atoms with Gasteiger partial charge in [-0.15, -0.1) is 0 Å². The van der Waals surface area contributed by atoms with E-state index in [0.717, 1.165) is 11.1 Å². The molecule has 1 heterocycles. The third-order valence-corrected chi connectivity index (χ3v) is 17.0. The Morgan fingerprint density at radius 3 is 0.878 bits per heavy atom. The van der Waals surface area contributed by atoms with Gasteiger partial charge in [0, 0.05) is 88.9 Å². The zero-order valence-electron chi connectivity index (χ0n) is 43.8. The van der Waals surface area contributed by atoms with Crippen LogP contribution < -0.4 is 21.3 Å². The van der Waals surface area contributed by atoms with Gasteiger partial charge in [-0.25, -0.2) is 0 Å². The summed E-state index contributed by atoms with van der Waals surface area (Å²) in [5.41, 5.74) is 1.70. The molecule has 4 aliphatic carbocycles. The lowest BCUT2D eigenvalue weighted by Crippen LogP contribution is -2.57. The Labute approximate surface area is 436 Å². The zero-order chi connectivity index (χ0) is 53.1. The first kappa shape index (κ1) is 55.9. The molecule has 1 saturated heterocycles. The molecular formula is C56H80N8O10. The fourth-order valence-corrected chi connectivity index (χ4v) is 12.3. The highest BCUT2D eigenvalue weighted by molar-refractivity contribution is 5.92. The van der Waals surface area contributed by atoms with E-state index < -0.39 is 84.7 Å². The van der Waals surface area contributed by atoms with Gasteiger partial charge in [0.25, 0.3) is 0 Å². The van der Waals surface area contributed by atoms with Gasteiger partial charge in [-0.2, -0.15) is 0 Å². The van der Waals surface area contributed by atoms with Crippen LogP contribution in [0.25, 0.3) is 0 Å². The van der Waals surface area contributed by atoms with Crippen molar-refractivity contribution < 1.29 is 48.6 Å². The van der Waals surface area contributed by atoms with Crippen LogP contribution >= 0.6 is 0 Å². The van der Waals surface area contributed by atoms with Crippen molar-refractivity contribution in [1.29, 1.82) is 0 Å². The molecule has 5 fully saturated rings. The molecule has 7 rings (SSSR count). The number of amides is 8. The quantitative estimate of drug-likeness (QED) is 0.247. The van der Waals surface area contributed by atoms with Crippen molar-refractivity contribution in [2.75, 3.05) is 41.4 Å². The number of carbonyl (C=O) groups excluding carboxylic acids is 8. The fourth-order valence-electron chi connectivity index (χ4n) is 12.3. The van der Waals surface area contributed by atoms with E-state index in [1.54, 1.807) is 38.0 Å². The lowest BCUT2D eigenvalue weighted by molar-refractivity contribution is -0.143. The van der Waals surface area contributed by atoms with E-state index in [4.69, 9.17) is 0 Å². The molecule has 8 bridgehead atoms. The second-order valence-corrected chi connectivity index (χ2v) is 21.9. The number of likely N-dealkylation sites (N-methyl/N-ethyl adjacent to an activating group) is 4. The first-order valence-corrected chi connectivity index (χ1v) is 27.1. The number of fused-ring (bicyclic) bond motifs is 8. The average molecular weight is 1030 g/mol. The van der Waals surface area contributed by atoms with Crippen molar-refractivity contribution >= 4 is 47.3 Å². The maximum atomic E-state index is 14.6. The Balaban J connectivity index is 1.14. The van der Waals surface area contributed by atoms with Crippen molar-refractivity contribution in [3.63, 3.8) is 0 Å². The van der Waals surface area contributed by atoms with Crippen LogP contribution in [0.1, 0.15) is 114 Å². The molecule has 74 heavy (non-hydrogen) atoms.